The van der Waals surface area contributed by atoms with Crippen molar-refractivity contribution < 1.29 is 13.2 Å². The summed E-state index contributed by atoms with van der Waals surface area (Å²) in [7, 11) is -1.90. The van der Waals surface area contributed by atoms with Crippen molar-refractivity contribution in [2.75, 3.05) is 38.3 Å². The molecule has 1 atom stereocenters. The number of para-hydroxylation sites is 1. The van der Waals surface area contributed by atoms with Crippen LogP contribution in [0.15, 0.2) is 53.4 Å². The highest BCUT2D eigenvalue weighted by Gasteiger charge is 2.23. The Labute approximate surface area is 169 Å². The van der Waals surface area contributed by atoms with Gasteiger partial charge in [0.05, 0.1) is 18.1 Å². The van der Waals surface area contributed by atoms with E-state index in [1.54, 1.807) is 19.2 Å². The third-order valence-electron chi connectivity index (χ3n) is 5.51. The van der Waals surface area contributed by atoms with Crippen molar-refractivity contribution in [2.45, 2.75) is 37.6 Å². The first-order chi connectivity index (χ1) is 13.4. The number of benzene rings is 2. The molecule has 1 heterocycles. The number of hydrogen-bond donors (Lipinski definition) is 0. The van der Waals surface area contributed by atoms with Gasteiger partial charge in [0.15, 0.2) is 0 Å². The van der Waals surface area contributed by atoms with E-state index in [0.29, 0.717) is 30.6 Å². The molecule has 0 N–H and O–H groups in total. The van der Waals surface area contributed by atoms with Crippen LogP contribution in [0.4, 0.5) is 5.69 Å². The summed E-state index contributed by atoms with van der Waals surface area (Å²) < 4.78 is 33.0. The third-order valence-corrected chi connectivity index (χ3v) is 7.32. The van der Waals surface area contributed by atoms with Crippen molar-refractivity contribution in [1.29, 1.82) is 0 Å². The largest absolute Gasteiger partial charge is 0.378 e. The molecule has 2 aromatic rings. The Morgan fingerprint density at radius 2 is 1.71 bits per heavy atom. The Kier molecular flexibility index (Phi) is 6.75. The predicted molar refractivity (Wildman–Crippen MR) is 113 cm³/mol. The van der Waals surface area contributed by atoms with E-state index in [1.807, 2.05) is 30.3 Å². The van der Waals surface area contributed by atoms with E-state index in [0.717, 1.165) is 30.8 Å². The summed E-state index contributed by atoms with van der Waals surface area (Å²) in [5.41, 5.74) is 3.26. The lowest BCUT2D eigenvalue weighted by Crippen LogP contribution is -2.37. The molecule has 1 aliphatic rings. The molecule has 2 aromatic carbocycles. The second-order valence-electron chi connectivity index (χ2n) is 7.37. The zero-order chi connectivity index (χ0) is 20.1. The Balaban J connectivity index is 1.79. The zero-order valence-corrected chi connectivity index (χ0v) is 17.8. The van der Waals surface area contributed by atoms with Gasteiger partial charge in [-0.2, -0.15) is 4.31 Å². The molecule has 1 aliphatic heterocycles. The van der Waals surface area contributed by atoms with Gasteiger partial charge >= 0.3 is 0 Å². The van der Waals surface area contributed by atoms with Crippen LogP contribution in [0, 0.1) is 0 Å². The van der Waals surface area contributed by atoms with Gasteiger partial charge in [-0.05, 0) is 41.7 Å². The van der Waals surface area contributed by atoms with Crippen LogP contribution >= 0.6 is 0 Å². The first kappa shape index (κ1) is 20.8. The molecular formula is C22H30N2O3S. The molecule has 6 heteroatoms. The standard InChI is InChI=1S/C22H30N2O3S/c1-4-18(2)19-9-11-21(12-10-19)28(25,26)23(3)17-20-7-5-6-8-22(20)24-13-15-27-16-14-24/h5-12,18H,4,13-17H2,1-3H3/t18-/m0/s1. The summed E-state index contributed by atoms with van der Waals surface area (Å²) in [6.07, 6.45) is 1.03. The number of ether oxygens (including phenoxy) is 1. The fourth-order valence-corrected chi connectivity index (χ4v) is 4.62. The quantitative estimate of drug-likeness (QED) is 0.706. The van der Waals surface area contributed by atoms with Gasteiger partial charge in [0.25, 0.3) is 0 Å². The molecule has 1 saturated heterocycles. The molecule has 0 aliphatic carbocycles. The molecule has 0 unspecified atom stereocenters. The van der Waals surface area contributed by atoms with Crippen molar-refractivity contribution in [1.82, 2.24) is 4.31 Å². The van der Waals surface area contributed by atoms with Gasteiger partial charge in [-0.3, -0.25) is 0 Å². The van der Waals surface area contributed by atoms with Crippen LogP contribution in [-0.4, -0.2) is 46.1 Å². The maximum Gasteiger partial charge on any atom is 0.243 e. The highest BCUT2D eigenvalue weighted by Crippen LogP contribution is 2.26. The molecule has 1 fully saturated rings. The lowest BCUT2D eigenvalue weighted by molar-refractivity contribution is 0.122. The van der Waals surface area contributed by atoms with E-state index in [4.69, 9.17) is 4.74 Å². The second-order valence-corrected chi connectivity index (χ2v) is 9.41. The number of nitrogens with zero attached hydrogens (tertiary/aromatic N) is 2. The number of sulfonamides is 1. The van der Waals surface area contributed by atoms with Gasteiger partial charge in [0.2, 0.25) is 10.0 Å². The zero-order valence-electron chi connectivity index (χ0n) is 17.0. The minimum atomic E-state index is -3.54. The molecule has 0 amide bonds. The first-order valence-corrected chi connectivity index (χ1v) is 11.3. The number of morpholine rings is 1. The summed E-state index contributed by atoms with van der Waals surface area (Å²) in [5, 5.41) is 0. The fraction of sp³-hybridized carbons (Fsp3) is 0.455. The van der Waals surface area contributed by atoms with Crippen molar-refractivity contribution in [2.24, 2.45) is 0 Å². The minimum Gasteiger partial charge on any atom is -0.378 e. The average Bonchev–Trinajstić information content (AvgIpc) is 2.74. The Hall–Kier alpha value is -1.89. The topological polar surface area (TPSA) is 49.9 Å². The molecule has 152 valence electrons. The van der Waals surface area contributed by atoms with Crippen molar-refractivity contribution >= 4 is 15.7 Å². The van der Waals surface area contributed by atoms with Crippen molar-refractivity contribution in [3.8, 4) is 0 Å². The van der Waals surface area contributed by atoms with Crippen LogP contribution < -0.4 is 4.90 Å². The Morgan fingerprint density at radius 1 is 1.07 bits per heavy atom. The van der Waals surface area contributed by atoms with Gasteiger partial charge in [0, 0.05) is 32.4 Å². The smallest absolute Gasteiger partial charge is 0.243 e. The lowest BCUT2D eigenvalue weighted by Gasteiger charge is -2.31. The molecule has 0 saturated carbocycles. The summed E-state index contributed by atoms with van der Waals surface area (Å²) in [5.74, 6) is 0.426. The monoisotopic (exact) mass is 402 g/mol. The molecule has 28 heavy (non-hydrogen) atoms. The average molecular weight is 403 g/mol. The predicted octanol–water partition coefficient (Wildman–Crippen LogP) is 3.86. The normalized spacial score (nSPS) is 16.4. The van der Waals surface area contributed by atoms with E-state index in [2.05, 4.69) is 24.8 Å². The van der Waals surface area contributed by atoms with E-state index in [-0.39, 0.29) is 0 Å². The van der Waals surface area contributed by atoms with Gasteiger partial charge in [0.1, 0.15) is 0 Å². The molecule has 0 radical (unpaired) electrons. The van der Waals surface area contributed by atoms with Crippen molar-refractivity contribution in [3.63, 3.8) is 0 Å². The van der Waals surface area contributed by atoms with Crippen molar-refractivity contribution in [3.05, 3.63) is 59.7 Å². The van der Waals surface area contributed by atoms with E-state index < -0.39 is 10.0 Å². The maximum atomic E-state index is 13.1. The van der Waals surface area contributed by atoms with Crippen LogP contribution in [0.5, 0.6) is 0 Å². The van der Waals surface area contributed by atoms with Crippen LogP contribution in [-0.2, 0) is 21.3 Å². The molecule has 0 aromatic heterocycles. The van der Waals surface area contributed by atoms with E-state index in [1.165, 1.54) is 9.87 Å². The molecule has 0 spiro atoms. The highest BCUT2D eigenvalue weighted by atomic mass is 32.2. The van der Waals surface area contributed by atoms with Crippen LogP contribution in [0.3, 0.4) is 0 Å². The SMILES string of the molecule is CC[C@H](C)c1ccc(S(=O)(=O)N(C)Cc2ccccc2N2CCOCC2)cc1. The minimum absolute atomic E-state index is 0.336. The van der Waals surface area contributed by atoms with Crippen LogP contribution in [0.1, 0.15) is 37.3 Å². The second kappa shape index (κ2) is 9.07. The number of hydrogen-bond acceptors (Lipinski definition) is 4. The van der Waals surface area contributed by atoms with Gasteiger partial charge in [-0.15, -0.1) is 0 Å². The summed E-state index contributed by atoms with van der Waals surface area (Å²) in [4.78, 5) is 2.60. The number of rotatable bonds is 7. The highest BCUT2D eigenvalue weighted by molar-refractivity contribution is 7.89. The molecule has 0 bridgehead atoms. The van der Waals surface area contributed by atoms with Gasteiger partial charge < -0.3 is 9.64 Å². The molecular weight excluding hydrogens is 372 g/mol. The lowest BCUT2D eigenvalue weighted by atomic mass is 9.99. The van der Waals surface area contributed by atoms with E-state index in [9.17, 15) is 8.42 Å². The summed E-state index contributed by atoms with van der Waals surface area (Å²) >= 11 is 0. The molecule has 5 nitrogen and oxygen atoms in total. The first-order valence-electron chi connectivity index (χ1n) is 9.90. The fourth-order valence-electron chi connectivity index (χ4n) is 3.47. The van der Waals surface area contributed by atoms with Gasteiger partial charge in [-0.25, -0.2) is 8.42 Å². The Bertz CT molecular complexity index is 875. The Morgan fingerprint density at radius 3 is 2.36 bits per heavy atom. The summed E-state index contributed by atoms with van der Waals surface area (Å²) in [6, 6.07) is 15.3. The van der Waals surface area contributed by atoms with E-state index >= 15 is 0 Å². The van der Waals surface area contributed by atoms with Crippen LogP contribution in [0.2, 0.25) is 0 Å². The maximum absolute atomic E-state index is 13.1. The number of anilines is 1. The third kappa shape index (κ3) is 4.57. The molecule has 3 rings (SSSR count). The summed E-state index contributed by atoms with van der Waals surface area (Å²) in [6.45, 7) is 7.67. The van der Waals surface area contributed by atoms with Crippen LogP contribution in [0.25, 0.3) is 0 Å². The van der Waals surface area contributed by atoms with Gasteiger partial charge in [-0.1, -0.05) is 44.2 Å².